The number of carbonyl (C=O) groups is 1. The molecule has 0 radical (unpaired) electrons. The number of nitrogens with zero attached hydrogens (tertiary/aromatic N) is 2. The molecular formula is C9H14ClN3O2. The van der Waals surface area contributed by atoms with Gasteiger partial charge in [-0.2, -0.15) is 5.10 Å². The number of ether oxygens (including phenoxy) is 1. The Morgan fingerprint density at radius 1 is 1.73 bits per heavy atom. The number of nitrogens with one attached hydrogen (secondary N) is 1. The van der Waals surface area contributed by atoms with Gasteiger partial charge in [-0.25, -0.2) is 0 Å². The summed E-state index contributed by atoms with van der Waals surface area (Å²) in [6.45, 7) is 3.12. The third kappa shape index (κ3) is 3.53. The number of halogens is 1. The normalized spacial score (nSPS) is 10.3. The fourth-order valence-electron chi connectivity index (χ4n) is 1.11. The zero-order valence-electron chi connectivity index (χ0n) is 8.79. The van der Waals surface area contributed by atoms with Crippen molar-refractivity contribution in [3.05, 3.63) is 11.8 Å². The van der Waals surface area contributed by atoms with Crippen molar-refractivity contribution < 1.29 is 9.53 Å². The van der Waals surface area contributed by atoms with Crippen molar-refractivity contribution in [3.8, 4) is 0 Å². The van der Waals surface area contributed by atoms with E-state index in [1.54, 1.807) is 11.8 Å². The average Bonchev–Trinajstić information content (AvgIpc) is 2.56. The molecule has 0 atom stereocenters. The Bertz CT molecular complexity index is 338. The summed E-state index contributed by atoms with van der Waals surface area (Å²) in [5.74, 6) is 0.234. The molecule has 84 valence electrons. The smallest absolute Gasteiger partial charge is 0.240 e. The summed E-state index contributed by atoms with van der Waals surface area (Å²) in [5, 5.41) is 6.79. The highest BCUT2D eigenvalue weighted by Gasteiger charge is 2.07. The molecule has 0 aliphatic carbocycles. The molecular weight excluding hydrogens is 218 g/mol. The summed E-state index contributed by atoms with van der Waals surface area (Å²) in [5.41, 5.74) is 0.907. The molecule has 0 spiro atoms. The number of alkyl halides is 1. The number of rotatable bonds is 5. The maximum Gasteiger partial charge on any atom is 0.240 e. The van der Waals surface area contributed by atoms with Crippen molar-refractivity contribution in [2.75, 3.05) is 24.9 Å². The number of hydrogen-bond acceptors (Lipinski definition) is 3. The van der Waals surface area contributed by atoms with E-state index in [9.17, 15) is 4.79 Å². The molecule has 0 saturated heterocycles. The molecule has 5 nitrogen and oxygen atoms in total. The van der Waals surface area contributed by atoms with Gasteiger partial charge in [0, 0.05) is 18.9 Å². The molecule has 0 bridgehead atoms. The van der Waals surface area contributed by atoms with Crippen molar-refractivity contribution in [2.24, 2.45) is 0 Å². The lowest BCUT2D eigenvalue weighted by atomic mass is 10.4. The molecule has 1 heterocycles. The van der Waals surface area contributed by atoms with Gasteiger partial charge in [0.15, 0.2) is 5.82 Å². The van der Waals surface area contributed by atoms with Crippen molar-refractivity contribution in [3.63, 3.8) is 0 Å². The Morgan fingerprint density at radius 3 is 3.07 bits per heavy atom. The highest BCUT2D eigenvalue weighted by atomic mass is 35.5. The van der Waals surface area contributed by atoms with Crippen molar-refractivity contribution >= 4 is 23.3 Å². The first-order valence-electron chi connectivity index (χ1n) is 4.56. The number of hydrogen-bond donors (Lipinski definition) is 1. The van der Waals surface area contributed by atoms with Crippen LogP contribution in [-0.2, 0) is 16.1 Å². The fourth-order valence-corrected chi connectivity index (χ4v) is 1.18. The fraction of sp³-hybridized carbons (Fsp3) is 0.556. The molecule has 6 heteroatoms. The third-order valence-electron chi connectivity index (χ3n) is 1.85. The lowest BCUT2D eigenvalue weighted by Gasteiger charge is -2.00. The minimum atomic E-state index is -0.253. The molecule has 1 aromatic rings. The monoisotopic (exact) mass is 231 g/mol. The SMILES string of the molecule is COCCn1cc(C)c(NC(=O)CCl)n1. The molecule has 1 aromatic heterocycles. The van der Waals surface area contributed by atoms with E-state index in [0.29, 0.717) is 19.0 Å². The lowest BCUT2D eigenvalue weighted by Crippen LogP contribution is -2.14. The van der Waals surface area contributed by atoms with Crippen LogP contribution in [0, 0.1) is 6.92 Å². The topological polar surface area (TPSA) is 56.1 Å². The van der Waals surface area contributed by atoms with Crippen LogP contribution >= 0.6 is 11.6 Å². The quantitative estimate of drug-likeness (QED) is 0.770. The molecule has 0 aromatic carbocycles. The second-order valence-corrected chi connectivity index (χ2v) is 3.37. The van der Waals surface area contributed by atoms with Crippen LogP contribution in [0.3, 0.4) is 0 Å². The van der Waals surface area contributed by atoms with Gasteiger partial charge in [0.2, 0.25) is 5.91 Å². The van der Waals surface area contributed by atoms with Crippen LogP contribution in [0.15, 0.2) is 6.20 Å². The van der Waals surface area contributed by atoms with Gasteiger partial charge < -0.3 is 10.1 Å². The number of anilines is 1. The first kappa shape index (κ1) is 12.0. The third-order valence-corrected chi connectivity index (χ3v) is 2.09. The summed E-state index contributed by atoms with van der Waals surface area (Å²) < 4.78 is 6.65. The molecule has 1 rings (SSSR count). The van der Waals surface area contributed by atoms with Gasteiger partial charge in [-0.3, -0.25) is 9.48 Å². The summed E-state index contributed by atoms with van der Waals surface area (Å²) in [6.07, 6.45) is 1.85. The lowest BCUT2D eigenvalue weighted by molar-refractivity contribution is -0.113. The van der Waals surface area contributed by atoms with Crippen LogP contribution in [0.2, 0.25) is 0 Å². The molecule has 1 N–H and O–H groups in total. The first-order chi connectivity index (χ1) is 7.17. The molecule has 0 saturated carbocycles. The Morgan fingerprint density at radius 2 is 2.47 bits per heavy atom. The molecule has 1 amide bonds. The van der Waals surface area contributed by atoms with Gasteiger partial charge in [0.25, 0.3) is 0 Å². The maximum atomic E-state index is 11.0. The Labute approximate surface area is 93.4 Å². The van der Waals surface area contributed by atoms with E-state index in [2.05, 4.69) is 10.4 Å². The van der Waals surface area contributed by atoms with E-state index < -0.39 is 0 Å². The first-order valence-corrected chi connectivity index (χ1v) is 5.09. The number of carbonyl (C=O) groups excluding carboxylic acids is 1. The standard InChI is InChI=1S/C9H14ClN3O2/c1-7-6-13(3-4-15-2)12-9(7)11-8(14)5-10/h6H,3-5H2,1-2H3,(H,11,12,14). The van der Waals surface area contributed by atoms with Gasteiger partial charge in [0.05, 0.1) is 13.2 Å². The zero-order valence-corrected chi connectivity index (χ0v) is 9.54. The van der Waals surface area contributed by atoms with Gasteiger partial charge >= 0.3 is 0 Å². The minimum absolute atomic E-state index is 0.0651. The van der Waals surface area contributed by atoms with Gasteiger partial charge in [0.1, 0.15) is 5.88 Å². The Hall–Kier alpha value is -1.07. The van der Waals surface area contributed by atoms with Crippen molar-refractivity contribution in [1.29, 1.82) is 0 Å². The molecule has 0 aliphatic heterocycles. The molecule has 15 heavy (non-hydrogen) atoms. The van der Waals surface area contributed by atoms with Crippen LogP contribution in [0.25, 0.3) is 0 Å². The minimum Gasteiger partial charge on any atom is -0.383 e. The number of aryl methyl sites for hydroxylation is 1. The van der Waals surface area contributed by atoms with Crippen LogP contribution in [0.5, 0.6) is 0 Å². The largest absolute Gasteiger partial charge is 0.383 e. The maximum absolute atomic E-state index is 11.0. The van der Waals surface area contributed by atoms with E-state index in [0.717, 1.165) is 5.56 Å². The molecule has 0 unspecified atom stereocenters. The van der Waals surface area contributed by atoms with Crippen LogP contribution in [0.4, 0.5) is 5.82 Å². The predicted molar refractivity (Wildman–Crippen MR) is 58.2 cm³/mol. The zero-order chi connectivity index (χ0) is 11.3. The van der Waals surface area contributed by atoms with Crippen LogP contribution in [0.1, 0.15) is 5.56 Å². The van der Waals surface area contributed by atoms with E-state index in [-0.39, 0.29) is 11.8 Å². The van der Waals surface area contributed by atoms with E-state index in [1.165, 1.54) is 0 Å². The summed E-state index contributed by atoms with van der Waals surface area (Å²) in [4.78, 5) is 11.0. The number of methoxy groups -OCH3 is 1. The summed E-state index contributed by atoms with van der Waals surface area (Å²) >= 11 is 5.38. The predicted octanol–water partition coefficient (Wildman–Crippen LogP) is 1.02. The van der Waals surface area contributed by atoms with Gasteiger partial charge in [-0.15, -0.1) is 11.6 Å². The Kier molecular flexibility index (Phi) is 4.58. The van der Waals surface area contributed by atoms with Crippen LogP contribution < -0.4 is 5.32 Å². The van der Waals surface area contributed by atoms with E-state index >= 15 is 0 Å². The highest BCUT2D eigenvalue weighted by molar-refractivity contribution is 6.29. The average molecular weight is 232 g/mol. The van der Waals surface area contributed by atoms with E-state index in [4.69, 9.17) is 16.3 Å². The molecule has 0 fully saturated rings. The summed E-state index contributed by atoms with van der Waals surface area (Å²) in [7, 11) is 1.63. The highest BCUT2D eigenvalue weighted by Crippen LogP contribution is 2.11. The van der Waals surface area contributed by atoms with Crippen molar-refractivity contribution in [2.45, 2.75) is 13.5 Å². The Balaban J connectivity index is 2.64. The van der Waals surface area contributed by atoms with Crippen molar-refractivity contribution in [1.82, 2.24) is 9.78 Å². The number of aromatic nitrogens is 2. The van der Waals surface area contributed by atoms with Gasteiger partial charge in [-0.1, -0.05) is 0 Å². The van der Waals surface area contributed by atoms with Crippen LogP contribution in [-0.4, -0.2) is 35.3 Å². The molecule has 0 aliphatic rings. The second kappa shape index (κ2) is 5.72. The second-order valence-electron chi connectivity index (χ2n) is 3.10. The van der Waals surface area contributed by atoms with E-state index in [1.807, 2.05) is 13.1 Å². The number of amides is 1. The van der Waals surface area contributed by atoms with Gasteiger partial charge in [-0.05, 0) is 6.92 Å². The summed E-state index contributed by atoms with van der Waals surface area (Å²) in [6, 6.07) is 0.